The van der Waals surface area contributed by atoms with Crippen LogP contribution in [0.25, 0.3) is 10.8 Å². The highest BCUT2D eigenvalue weighted by atomic mass is 19.4. The SMILES string of the molecule is NC1CC2CC(C(=O)O)CC(C1)N2Cc1ccc2c(CF)c(O[C@H]3CC[C@@H](C(F)(F)F)CC3)ccc2c1. The lowest BCUT2D eigenvalue weighted by molar-refractivity contribution is -0.185. The third kappa shape index (κ3) is 5.58. The fourth-order valence-corrected chi connectivity index (χ4v) is 6.71. The quantitative estimate of drug-likeness (QED) is 0.458. The average molecular weight is 523 g/mol. The first kappa shape index (κ1) is 26.2. The maximum atomic E-state index is 14.2. The Kier molecular flexibility index (Phi) is 7.38. The van der Waals surface area contributed by atoms with Crippen molar-refractivity contribution in [1.29, 1.82) is 0 Å². The zero-order valence-electron chi connectivity index (χ0n) is 20.7. The Morgan fingerprint density at radius 2 is 1.70 bits per heavy atom. The van der Waals surface area contributed by atoms with E-state index in [1.165, 1.54) is 0 Å². The van der Waals surface area contributed by atoms with Crippen LogP contribution in [-0.2, 0) is 18.0 Å². The van der Waals surface area contributed by atoms with Gasteiger partial charge in [-0.25, -0.2) is 4.39 Å². The van der Waals surface area contributed by atoms with E-state index in [-0.39, 0.29) is 43.0 Å². The minimum Gasteiger partial charge on any atom is -0.490 e. The van der Waals surface area contributed by atoms with Crippen LogP contribution in [0.3, 0.4) is 0 Å². The number of carbonyl (C=O) groups is 1. The van der Waals surface area contributed by atoms with E-state index in [1.807, 2.05) is 24.3 Å². The molecule has 2 aromatic carbocycles. The van der Waals surface area contributed by atoms with Crippen molar-refractivity contribution in [2.75, 3.05) is 0 Å². The minimum absolute atomic E-state index is 0.0344. The number of nitrogens with zero attached hydrogens (tertiary/aromatic N) is 1. The van der Waals surface area contributed by atoms with E-state index in [0.717, 1.165) is 29.2 Å². The summed E-state index contributed by atoms with van der Waals surface area (Å²) in [4.78, 5) is 14.0. The molecule has 0 aromatic heterocycles. The Hall–Kier alpha value is -2.39. The van der Waals surface area contributed by atoms with E-state index in [2.05, 4.69) is 4.90 Å². The number of carboxylic acid groups (broad SMARTS) is 1. The van der Waals surface area contributed by atoms with Crippen LogP contribution in [0, 0.1) is 11.8 Å². The van der Waals surface area contributed by atoms with Gasteiger partial charge in [-0.3, -0.25) is 9.69 Å². The summed E-state index contributed by atoms with van der Waals surface area (Å²) in [6.07, 6.45) is -1.08. The van der Waals surface area contributed by atoms with Crippen molar-refractivity contribution in [3.63, 3.8) is 0 Å². The monoisotopic (exact) mass is 522 g/mol. The Morgan fingerprint density at radius 3 is 2.30 bits per heavy atom. The fraction of sp³-hybridized carbons (Fsp3) is 0.607. The van der Waals surface area contributed by atoms with Gasteiger partial charge < -0.3 is 15.6 Å². The van der Waals surface area contributed by atoms with Crippen LogP contribution in [0.1, 0.15) is 62.5 Å². The predicted octanol–water partition coefficient (Wildman–Crippen LogP) is 5.96. The molecule has 0 amide bonds. The molecule has 0 radical (unpaired) electrons. The maximum absolute atomic E-state index is 14.2. The van der Waals surface area contributed by atoms with E-state index in [0.29, 0.717) is 43.5 Å². The molecule has 2 atom stereocenters. The summed E-state index contributed by atoms with van der Waals surface area (Å²) in [6, 6.07) is 9.84. The summed E-state index contributed by atoms with van der Waals surface area (Å²) in [5.74, 6) is -1.95. The van der Waals surface area contributed by atoms with E-state index >= 15 is 0 Å². The number of alkyl halides is 4. The Labute approximate surface area is 213 Å². The molecule has 2 bridgehead atoms. The summed E-state index contributed by atoms with van der Waals surface area (Å²) in [5.41, 5.74) is 7.73. The molecule has 202 valence electrons. The molecular weight excluding hydrogens is 488 g/mol. The normalized spacial score (nSPS) is 30.8. The lowest BCUT2D eigenvalue weighted by atomic mass is 9.76. The zero-order chi connectivity index (χ0) is 26.3. The highest BCUT2D eigenvalue weighted by Crippen LogP contribution is 2.41. The highest BCUT2D eigenvalue weighted by molar-refractivity contribution is 5.88. The fourth-order valence-electron chi connectivity index (χ4n) is 6.71. The van der Waals surface area contributed by atoms with E-state index in [1.54, 1.807) is 6.07 Å². The van der Waals surface area contributed by atoms with Crippen molar-refractivity contribution in [3.8, 4) is 5.75 Å². The lowest BCUT2D eigenvalue weighted by Crippen LogP contribution is -2.57. The van der Waals surface area contributed by atoms with Crippen molar-refractivity contribution in [2.24, 2.45) is 17.6 Å². The van der Waals surface area contributed by atoms with Crippen molar-refractivity contribution < 1.29 is 32.2 Å². The average Bonchev–Trinajstić information content (AvgIpc) is 2.84. The predicted molar refractivity (Wildman–Crippen MR) is 132 cm³/mol. The number of benzene rings is 2. The summed E-state index contributed by atoms with van der Waals surface area (Å²) < 4.78 is 59.1. The number of fused-ring (bicyclic) bond motifs is 3. The number of piperidine rings is 2. The number of rotatable bonds is 6. The van der Waals surface area contributed by atoms with Gasteiger partial charge in [0.25, 0.3) is 0 Å². The van der Waals surface area contributed by atoms with Crippen LogP contribution >= 0.6 is 0 Å². The molecule has 2 unspecified atom stereocenters. The molecule has 2 aliphatic heterocycles. The van der Waals surface area contributed by atoms with E-state index in [4.69, 9.17) is 10.5 Å². The number of hydrogen-bond acceptors (Lipinski definition) is 4. The van der Waals surface area contributed by atoms with Crippen LogP contribution in [0.5, 0.6) is 5.75 Å². The van der Waals surface area contributed by atoms with Gasteiger partial charge in [0.05, 0.1) is 17.9 Å². The number of carboxylic acids is 1. The molecule has 37 heavy (non-hydrogen) atoms. The van der Waals surface area contributed by atoms with Gasteiger partial charge in [0, 0.05) is 30.2 Å². The van der Waals surface area contributed by atoms with Crippen molar-refractivity contribution in [3.05, 3.63) is 41.5 Å². The molecule has 1 saturated carbocycles. The molecule has 2 aromatic rings. The second-order valence-electron chi connectivity index (χ2n) is 11.1. The minimum atomic E-state index is -4.17. The lowest BCUT2D eigenvalue weighted by Gasteiger charge is -2.50. The molecule has 3 aliphatic rings. The van der Waals surface area contributed by atoms with E-state index < -0.39 is 24.7 Å². The molecule has 3 fully saturated rings. The molecule has 9 heteroatoms. The van der Waals surface area contributed by atoms with Gasteiger partial charge in [-0.2, -0.15) is 13.2 Å². The number of hydrogen-bond donors (Lipinski definition) is 2. The van der Waals surface area contributed by atoms with Crippen LogP contribution in [-0.4, -0.2) is 46.4 Å². The van der Waals surface area contributed by atoms with Crippen molar-refractivity contribution in [1.82, 2.24) is 4.90 Å². The molecule has 5 nitrogen and oxygen atoms in total. The second-order valence-corrected chi connectivity index (χ2v) is 11.1. The Morgan fingerprint density at radius 1 is 1.03 bits per heavy atom. The Bertz CT molecular complexity index is 1120. The number of aliphatic carboxylic acids is 1. The number of halogens is 4. The van der Waals surface area contributed by atoms with Gasteiger partial charge >= 0.3 is 12.1 Å². The molecule has 1 aliphatic carbocycles. The first-order valence-corrected chi connectivity index (χ1v) is 13.2. The molecule has 2 heterocycles. The first-order chi connectivity index (χ1) is 17.6. The summed E-state index contributed by atoms with van der Waals surface area (Å²) in [6.45, 7) is -0.0509. The highest BCUT2D eigenvalue weighted by Gasteiger charge is 2.43. The molecule has 3 N–H and O–H groups in total. The largest absolute Gasteiger partial charge is 0.490 e. The van der Waals surface area contributed by atoms with Crippen LogP contribution in [0.15, 0.2) is 30.3 Å². The third-order valence-electron chi connectivity index (χ3n) is 8.63. The topological polar surface area (TPSA) is 75.8 Å². The molecule has 5 rings (SSSR count). The van der Waals surface area contributed by atoms with Crippen LogP contribution < -0.4 is 10.5 Å². The molecule has 2 saturated heterocycles. The van der Waals surface area contributed by atoms with Crippen molar-refractivity contribution in [2.45, 2.75) is 95.0 Å². The summed E-state index contributed by atoms with van der Waals surface area (Å²) >= 11 is 0. The summed E-state index contributed by atoms with van der Waals surface area (Å²) in [7, 11) is 0. The first-order valence-electron chi connectivity index (χ1n) is 13.2. The number of ether oxygens (including phenoxy) is 1. The van der Waals surface area contributed by atoms with Crippen molar-refractivity contribution >= 4 is 16.7 Å². The standard InChI is InChI=1S/C28H34F4N2O3/c29-14-25-24-7-1-16(15-34-21-10-18(27(35)36)11-22(34)13-20(33)12-21)9-17(24)2-8-26(25)37-23-5-3-19(4-6-23)28(30,31)32/h1-2,7-9,18-23H,3-6,10-15,33H2,(H,35,36)/t18?,19-,20?,21?,22?,23+. The summed E-state index contributed by atoms with van der Waals surface area (Å²) in [5, 5.41) is 11.1. The van der Waals surface area contributed by atoms with Gasteiger partial charge in [-0.05, 0) is 79.8 Å². The smallest absolute Gasteiger partial charge is 0.391 e. The van der Waals surface area contributed by atoms with Gasteiger partial charge in [-0.1, -0.05) is 18.2 Å². The van der Waals surface area contributed by atoms with Gasteiger partial charge in [0.15, 0.2) is 0 Å². The second kappa shape index (κ2) is 10.4. The number of nitrogens with two attached hydrogens (primary N) is 1. The zero-order valence-corrected chi connectivity index (χ0v) is 20.7. The van der Waals surface area contributed by atoms with Gasteiger partial charge in [-0.15, -0.1) is 0 Å². The van der Waals surface area contributed by atoms with Crippen LogP contribution in [0.4, 0.5) is 17.6 Å². The molecule has 0 spiro atoms. The third-order valence-corrected chi connectivity index (χ3v) is 8.63. The Balaban J connectivity index is 1.30. The van der Waals surface area contributed by atoms with Crippen LogP contribution in [0.2, 0.25) is 0 Å². The van der Waals surface area contributed by atoms with E-state index in [9.17, 15) is 27.5 Å². The maximum Gasteiger partial charge on any atom is 0.391 e. The van der Waals surface area contributed by atoms with Gasteiger partial charge in [0.2, 0.25) is 0 Å². The molecular formula is C28H34F4N2O3. The van der Waals surface area contributed by atoms with Gasteiger partial charge in [0.1, 0.15) is 12.4 Å².